The number of amides is 1. The van der Waals surface area contributed by atoms with Gasteiger partial charge in [-0.3, -0.25) is 4.79 Å². The fraction of sp³-hybridized carbons (Fsp3) is 0.389. The average Bonchev–Trinajstić information content (AvgIpc) is 3.34. The molecule has 0 atom stereocenters. The average molecular weight is 330 g/mol. The van der Waals surface area contributed by atoms with Crippen molar-refractivity contribution < 1.29 is 18.7 Å². The zero-order valence-corrected chi connectivity index (χ0v) is 14.0. The van der Waals surface area contributed by atoms with E-state index in [0.29, 0.717) is 17.9 Å². The molecule has 3 rings (SSSR count). The number of furan rings is 1. The van der Waals surface area contributed by atoms with Crippen LogP contribution in [-0.4, -0.2) is 31.1 Å². The number of carbonyl (C=O) groups excluding carboxylic acids is 1. The number of ether oxygens (including phenoxy) is 2. The van der Waals surface area contributed by atoms with Crippen LogP contribution in [0.15, 0.2) is 34.9 Å². The zero-order valence-electron chi connectivity index (χ0n) is 14.0. The maximum atomic E-state index is 12.9. The van der Waals surface area contributed by atoms with Gasteiger partial charge in [0, 0.05) is 11.6 Å². The van der Waals surface area contributed by atoms with Gasteiger partial charge >= 0.3 is 0 Å². The van der Waals surface area contributed by atoms with Gasteiger partial charge in [0.2, 0.25) is 0 Å². The van der Waals surface area contributed by atoms with E-state index in [9.17, 15) is 4.79 Å². The van der Waals surface area contributed by atoms with Crippen LogP contribution in [0, 0.1) is 0 Å². The van der Waals surface area contributed by atoms with Crippen LogP contribution in [0.2, 0.25) is 0 Å². The molecule has 0 unspecified atom stereocenters. The van der Waals surface area contributed by atoms with Crippen LogP contribution in [0.4, 0.5) is 0 Å². The number of rotatable bonds is 7. The summed E-state index contributed by atoms with van der Waals surface area (Å²) in [6, 6.07) is 7.57. The highest BCUT2D eigenvalue weighted by Gasteiger charge is 2.34. The van der Waals surface area contributed by atoms with Gasteiger partial charge in [0.05, 0.1) is 32.9 Å². The van der Waals surface area contributed by atoms with E-state index in [2.05, 4.69) is 0 Å². The molecule has 1 aromatic carbocycles. The molecule has 2 N–H and O–H groups in total. The van der Waals surface area contributed by atoms with Crippen molar-refractivity contribution in [3.63, 3.8) is 0 Å². The van der Waals surface area contributed by atoms with Gasteiger partial charge in [-0.25, -0.2) is 0 Å². The van der Waals surface area contributed by atoms with Crippen LogP contribution in [0.1, 0.15) is 34.5 Å². The van der Waals surface area contributed by atoms with Gasteiger partial charge in [0.15, 0.2) is 0 Å². The largest absolute Gasteiger partial charge is 0.497 e. The van der Waals surface area contributed by atoms with Gasteiger partial charge in [-0.1, -0.05) is 0 Å². The SMILES string of the molecule is COc1ccc(OC)c(CN(C(=O)c2coc(CN)c2)C2CC2)c1. The Morgan fingerprint density at radius 2 is 2.08 bits per heavy atom. The lowest BCUT2D eigenvalue weighted by Gasteiger charge is -2.23. The molecule has 1 saturated carbocycles. The highest BCUT2D eigenvalue weighted by molar-refractivity contribution is 5.94. The van der Waals surface area contributed by atoms with Crippen molar-refractivity contribution in [2.24, 2.45) is 5.73 Å². The van der Waals surface area contributed by atoms with Crippen molar-refractivity contribution >= 4 is 5.91 Å². The molecule has 1 amide bonds. The van der Waals surface area contributed by atoms with E-state index in [-0.39, 0.29) is 18.5 Å². The minimum atomic E-state index is -0.0502. The summed E-state index contributed by atoms with van der Waals surface area (Å²) >= 11 is 0. The number of benzene rings is 1. The number of methoxy groups -OCH3 is 2. The standard InChI is InChI=1S/C18H22N2O4/c1-22-15-5-6-17(23-2)12(7-15)10-20(14-3-4-14)18(21)13-8-16(9-19)24-11-13/h5-8,11,14H,3-4,9-10,19H2,1-2H3. The highest BCUT2D eigenvalue weighted by Crippen LogP contribution is 2.33. The van der Waals surface area contributed by atoms with E-state index >= 15 is 0 Å². The number of nitrogens with two attached hydrogens (primary N) is 1. The first-order chi connectivity index (χ1) is 11.7. The third-order valence-corrected chi connectivity index (χ3v) is 4.18. The minimum absolute atomic E-state index is 0.0502. The fourth-order valence-electron chi connectivity index (χ4n) is 2.71. The number of hydrogen-bond acceptors (Lipinski definition) is 5. The molecule has 0 bridgehead atoms. The maximum Gasteiger partial charge on any atom is 0.257 e. The molecule has 6 heteroatoms. The molecular weight excluding hydrogens is 308 g/mol. The van der Waals surface area contributed by atoms with Gasteiger partial charge in [0.1, 0.15) is 23.5 Å². The summed E-state index contributed by atoms with van der Waals surface area (Å²) < 4.78 is 16.0. The Labute approximate surface area is 141 Å². The molecule has 1 aliphatic rings. The van der Waals surface area contributed by atoms with E-state index in [1.807, 2.05) is 23.1 Å². The van der Waals surface area contributed by atoms with E-state index < -0.39 is 0 Å². The summed E-state index contributed by atoms with van der Waals surface area (Å²) in [5, 5.41) is 0. The topological polar surface area (TPSA) is 77.9 Å². The van der Waals surface area contributed by atoms with Crippen LogP contribution in [0.25, 0.3) is 0 Å². The van der Waals surface area contributed by atoms with Gasteiger partial charge in [-0.15, -0.1) is 0 Å². The van der Waals surface area contributed by atoms with Crippen molar-refractivity contribution in [2.75, 3.05) is 14.2 Å². The zero-order chi connectivity index (χ0) is 17.1. The van der Waals surface area contributed by atoms with E-state index in [4.69, 9.17) is 19.6 Å². The van der Waals surface area contributed by atoms with Crippen molar-refractivity contribution in [3.05, 3.63) is 47.4 Å². The summed E-state index contributed by atoms with van der Waals surface area (Å²) in [5.74, 6) is 2.03. The molecular formula is C18H22N2O4. The van der Waals surface area contributed by atoms with Gasteiger partial charge < -0.3 is 24.5 Å². The molecule has 2 aromatic rings. The summed E-state index contributed by atoms with van der Waals surface area (Å²) in [6.07, 6.45) is 3.50. The number of carbonyl (C=O) groups is 1. The molecule has 0 aliphatic heterocycles. The van der Waals surface area contributed by atoms with Gasteiger partial charge in [-0.05, 0) is 37.1 Å². The second-order valence-corrected chi connectivity index (χ2v) is 5.85. The Bertz CT molecular complexity index is 722. The van der Waals surface area contributed by atoms with Crippen LogP contribution >= 0.6 is 0 Å². The molecule has 1 aromatic heterocycles. The molecule has 1 fully saturated rings. The van der Waals surface area contributed by atoms with Crippen LogP contribution in [0.5, 0.6) is 11.5 Å². The first-order valence-corrected chi connectivity index (χ1v) is 7.95. The monoisotopic (exact) mass is 330 g/mol. The van der Waals surface area contributed by atoms with Crippen LogP contribution < -0.4 is 15.2 Å². The predicted molar refractivity (Wildman–Crippen MR) is 89.0 cm³/mol. The van der Waals surface area contributed by atoms with Crippen molar-refractivity contribution in [1.29, 1.82) is 0 Å². The third-order valence-electron chi connectivity index (χ3n) is 4.18. The molecule has 0 saturated heterocycles. The Hall–Kier alpha value is -2.47. The van der Waals surface area contributed by atoms with Crippen molar-refractivity contribution in [1.82, 2.24) is 4.90 Å². The summed E-state index contributed by atoms with van der Waals surface area (Å²) in [5.41, 5.74) is 7.00. The molecule has 0 radical (unpaired) electrons. The van der Waals surface area contributed by atoms with Crippen LogP contribution in [0.3, 0.4) is 0 Å². The lowest BCUT2D eigenvalue weighted by molar-refractivity contribution is 0.0728. The lowest BCUT2D eigenvalue weighted by atomic mass is 10.1. The third kappa shape index (κ3) is 3.38. The Morgan fingerprint density at radius 1 is 1.29 bits per heavy atom. The second kappa shape index (κ2) is 6.97. The quantitative estimate of drug-likeness (QED) is 0.844. The fourth-order valence-corrected chi connectivity index (χ4v) is 2.71. The molecule has 6 nitrogen and oxygen atoms in total. The van der Waals surface area contributed by atoms with E-state index in [1.165, 1.54) is 6.26 Å². The van der Waals surface area contributed by atoms with E-state index in [0.717, 1.165) is 29.9 Å². The second-order valence-electron chi connectivity index (χ2n) is 5.85. The van der Waals surface area contributed by atoms with Crippen LogP contribution in [-0.2, 0) is 13.1 Å². The Morgan fingerprint density at radius 3 is 2.67 bits per heavy atom. The van der Waals surface area contributed by atoms with Crippen molar-refractivity contribution in [3.8, 4) is 11.5 Å². The van der Waals surface area contributed by atoms with Crippen molar-refractivity contribution in [2.45, 2.75) is 32.0 Å². The lowest BCUT2D eigenvalue weighted by Crippen LogP contribution is -2.32. The normalized spacial score (nSPS) is 13.6. The molecule has 0 spiro atoms. The molecule has 1 heterocycles. The molecule has 24 heavy (non-hydrogen) atoms. The smallest absolute Gasteiger partial charge is 0.257 e. The predicted octanol–water partition coefficient (Wildman–Crippen LogP) is 2.56. The van der Waals surface area contributed by atoms with Gasteiger partial charge in [0.25, 0.3) is 5.91 Å². The maximum absolute atomic E-state index is 12.9. The first kappa shape index (κ1) is 16.4. The van der Waals surface area contributed by atoms with E-state index in [1.54, 1.807) is 20.3 Å². The van der Waals surface area contributed by atoms with Gasteiger partial charge in [-0.2, -0.15) is 0 Å². The Kier molecular flexibility index (Phi) is 4.76. The molecule has 1 aliphatic carbocycles. The minimum Gasteiger partial charge on any atom is -0.497 e. The molecule has 128 valence electrons. The number of hydrogen-bond donors (Lipinski definition) is 1. The highest BCUT2D eigenvalue weighted by atomic mass is 16.5. The summed E-state index contributed by atoms with van der Waals surface area (Å²) in [6.45, 7) is 0.743. The summed E-state index contributed by atoms with van der Waals surface area (Å²) in [4.78, 5) is 14.7. The summed E-state index contributed by atoms with van der Waals surface area (Å²) in [7, 11) is 3.24. The number of nitrogens with zero attached hydrogens (tertiary/aromatic N) is 1. The first-order valence-electron chi connectivity index (χ1n) is 7.95. The Balaban J connectivity index is 1.85.